The fourth-order valence-electron chi connectivity index (χ4n) is 3.19. The highest BCUT2D eigenvalue weighted by Gasteiger charge is 2.67. The molecule has 19 heavy (non-hydrogen) atoms. The van der Waals surface area contributed by atoms with Gasteiger partial charge >= 0.3 is 0 Å². The fraction of sp³-hybridized carbons (Fsp3) is 0.467. The number of ether oxygens (including phenoxy) is 2. The van der Waals surface area contributed by atoms with Gasteiger partial charge in [-0.1, -0.05) is 0 Å². The van der Waals surface area contributed by atoms with Crippen LogP contribution in [0.15, 0.2) is 18.2 Å². The van der Waals surface area contributed by atoms with E-state index in [0.29, 0.717) is 23.5 Å². The van der Waals surface area contributed by atoms with Gasteiger partial charge in [0.05, 0.1) is 19.6 Å². The molecule has 1 aromatic carbocycles. The number of ketones is 2. The average Bonchev–Trinajstić information content (AvgIpc) is 3.11. The molecule has 0 N–H and O–H groups in total. The van der Waals surface area contributed by atoms with Crippen molar-refractivity contribution in [2.45, 2.75) is 19.3 Å². The Bertz CT molecular complexity index is 563. The minimum Gasteiger partial charge on any atom is -0.493 e. The molecule has 0 amide bonds. The first-order valence-electron chi connectivity index (χ1n) is 6.43. The number of hydrogen-bond acceptors (Lipinski definition) is 4. The van der Waals surface area contributed by atoms with Crippen LogP contribution in [0, 0.1) is 11.3 Å². The van der Waals surface area contributed by atoms with Gasteiger partial charge in [-0.15, -0.1) is 0 Å². The highest BCUT2D eigenvalue weighted by molar-refractivity contribution is 6.18. The zero-order chi connectivity index (χ0) is 13.6. The van der Waals surface area contributed by atoms with E-state index in [0.717, 1.165) is 12.8 Å². The third-order valence-electron chi connectivity index (χ3n) is 4.37. The zero-order valence-electron chi connectivity index (χ0n) is 11.1. The van der Waals surface area contributed by atoms with Crippen LogP contribution in [0.5, 0.6) is 11.5 Å². The predicted octanol–water partition coefficient (Wildman–Crippen LogP) is 2.26. The van der Waals surface area contributed by atoms with E-state index in [1.54, 1.807) is 25.3 Å². The number of carbonyl (C=O) groups is 2. The number of benzene rings is 1. The molecule has 4 nitrogen and oxygen atoms in total. The Morgan fingerprint density at radius 3 is 2.53 bits per heavy atom. The Labute approximate surface area is 111 Å². The Morgan fingerprint density at radius 1 is 1.26 bits per heavy atom. The topological polar surface area (TPSA) is 52.6 Å². The Balaban J connectivity index is 1.95. The van der Waals surface area contributed by atoms with Crippen LogP contribution in [0.3, 0.4) is 0 Å². The molecule has 3 rings (SSSR count). The molecule has 4 heteroatoms. The molecule has 0 heterocycles. The van der Waals surface area contributed by atoms with Crippen LogP contribution in [0.25, 0.3) is 0 Å². The third-order valence-corrected chi connectivity index (χ3v) is 4.37. The molecule has 0 unspecified atom stereocenters. The molecule has 0 aliphatic heterocycles. The summed E-state index contributed by atoms with van der Waals surface area (Å²) >= 11 is 0. The highest BCUT2D eigenvalue weighted by atomic mass is 16.5. The standard InChI is InChI=1S/C15H16O4/c1-18-11-5-3-9(7-12(11)19-2)14(17)15-8-10(15)4-6-13(15)16/h3,5,7,10H,4,6,8H2,1-2H3/t10-,15-/m0/s1. The van der Waals surface area contributed by atoms with Gasteiger partial charge in [-0.2, -0.15) is 0 Å². The first-order chi connectivity index (χ1) is 9.13. The minimum absolute atomic E-state index is 0.0547. The molecule has 0 aromatic heterocycles. The SMILES string of the molecule is COc1ccc(C(=O)[C@@]23C[C@@H]2CCC3=O)cc1OC. The largest absolute Gasteiger partial charge is 0.493 e. The van der Waals surface area contributed by atoms with Crippen molar-refractivity contribution in [1.29, 1.82) is 0 Å². The maximum atomic E-state index is 12.6. The van der Waals surface area contributed by atoms with Crippen molar-refractivity contribution in [3.8, 4) is 11.5 Å². The van der Waals surface area contributed by atoms with Crippen molar-refractivity contribution < 1.29 is 19.1 Å². The summed E-state index contributed by atoms with van der Waals surface area (Å²) in [5.41, 5.74) is -0.171. The maximum Gasteiger partial charge on any atom is 0.176 e. The predicted molar refractivity (Wildman–Crippen MR) is 68.7 cm³/mol. The van der Waals surface area contributed by atoms with Gasteiger partial charge in [-0.25, -0.2) is 0 Å². The van der Waals surface area contributed by atoms with Gasteiger partial charge in [-0.05, 0) is 37.0 Å². The molecular weight excluding hydrogens is 244 g/mol. The highest BCUT2D eigenvalue weighted by Crippen LogP contribution is 2.62. The van der Waals surface area contributed by atoms with Gasteiger partial charge in [0.2, 0.25) is 0 Å². The molecule has 0 spiro atoms. The van der Waals surface area contributed by atoms with Gasteiger partial charge in [0, 0.05) is 12.0 Å². The number of hydrogen-bond donors (Lipinski definition) is 0. The summed E-state index contributed by atoms with van der Waals surface area (Å²) < 4.78 is 10.4. The second kappa shape index (κ2) is 4.08. The van der Waals surface area contributed by atoms with Crippen LogP contribution in [0.4, 0.5) is 0 Å². The van der Waals surface area contributed by atoms with E-state index in [2.05, 4.69) is 0 Å². The second-order valence-electron chi connectivity index (χ2n) is 5.23. The minimum atomic E-state index is -0.709. The Morgan fingerprint density at radius 2 is 2.00 bits per heavy atom. The fourth-order valence-corrected chi connectivity index (χ4v) is 3.19. The van der Waals surface area contributed by atoms with Crippen molar-refractivity contribution in [3.05, 3.63) is 23.8 Å². The van der Waals surface area contributed by atoms with Crippen LogP contribution >= 0.6 is 0 Å². The van der Waals surface area contributed by atoms with Crippen LogP contribution in [0.1, 0.15) is 29.6 Å². The lowest BCUT2D eigenvalue weighted by molar-refractivity contribution is -0.121. The van der Waals surface area contributed by atoms with E-state index in [4.69, 9.17) is 9.47 Å². The lowest BCUT2D eigenvalue weighted by Crippen LogP contribution is -2.24. The number of Topliss-reactive ketones (excluding diaryl/α,β-unsaturated/α-hetero) is 2. The maximum absolute atomic E-state index is 12.6. The number of rotatable bonds is 4. The van der Waals surface area contributed by atoms with Gasteiger partial charge in [0.1, 0.15) is 5.78 Å². The number of methoxy groups -OCH3 is 2. The average molecular weight is 260 g/mol. The van der Waals surface area contributed by atoms with Crippen molar-refractivity contribution in [1.82, 2.24) is 0 Å². The lowest BCUT2D eigenvalue weighted by atomic mass is 9.91. The molecule has 2 fully saturated rings. The van der Waals surface area contributed by atoms with Crippen molar-refractivity contribution in [3.63, 3.8) is 0 Å². The first-order valence-corrected chi connectivity index (χ1v) is 6.43. The van der Waals surface area contributed by atoms with E-state index in [-0.39, 0.29) is 17.5 Å². The lowest BCUT2D eigenvalue weighted by Gasteiger charge is -2.12. The molecule has 2 aliphatic carbocycles. The van der Waals surface area contributed by atoms with Crippen LogP contribution in [-0.2, 0) is 4.79 Å². The molecule has 0 bridgehead atoms. The van der Waals surface area contributed by atoms with Crippen molar-refractivity contribution in [2.24, 2.45) is 11.3 Å². The molecule has 2 aliphatic rings. The summed E-state index contributed by atoms with van der Waals surface area (Å²) in [7, 11) is 3.08. The van der Waals surface area contributed by atoms with E-state index in [1.165, 1.54) is 7.11 Å². The first kappa shape index (κ1) is 12.2. The molecule has 100 valence electrons. The summed E-state index contributed by atoms with van der Waals surface area (Å²) in [6.45, 7) is 0. The smallest absolute Gasteiger partial charge is 0.176 e. The van der Waals surface area contributed by atoms with Gasteiger partial charge in [0.15, 0.2) is 17.3 Å². The zero-order valence-corrected chi connectivity index (χ0v) is 11.1. The summed E-state index contributed by atoms with van der Waals surface area (Å²) in [4.78, 5) is 24.5. The van der Waals surface area contributed by atoms with Crippen molar-refractivity contribution >= 4 is 11.6 Å². The molecule has 1 aromatic rings. The Kier molecular flexibility index (Phi) is 2.62. The van der Waals surface area contributed by atoms with E-state index in [1.807, 2.05) is 0 Å². The number of fused-ring (bicyclic) bond motifs is 1. The third kappa shape index (κ3) is 1.59. The van der Waals surface area contributed by atoms with Gasteiger partial charge < -0.3 is 9.47 Å². The van der Waals surface area contributed by atoms with Gasteiger partial charge in [-0.3, -0.25) is 9.59 Å². The number of carbonyl (C=O) groups excluding carboxylic acids is 2. The summed E-state index contributed by atoms with van der Waals surface area (Å²) in [5, 5.41) is 0. The molecule has 0 saturated heterocycles. The van der Waals surface area contributed by atoms with Crippen LogP contribution in [0.2, 0.25) is 0 Å². The summed E-state index contributed by atoms with van der Waals surface area (Å²) in [6, 6.07) is 5.08. The summed E-state index contributed by atoms with van der Waals surface area (Å²) in [6.07, 6.45) is 2.13. The Hall–Kier alpha value is -1.84. The van der Waals surface area contributed by atoms with Gasteiger partial charge in [0.25, 0.3) is 0 Å². The van der Waals surface area contributed by atoms with E-state index in [9.17, 15) is 9.59 Å². The van der Waals surface area contributed by atoms with E-state index >= 15 is 0 Å². The van der Waals surface area contributed by atoms with Crippen LogP contribution in [-0.4, -0.2) is 25.8 Å². The molecule has 2 atom stereocenters. The quantitative estimate of drug-likeness (QED) is 0.615. The molecule has 2 saturated carbocycles. The van der Waals surface area contributed by atoms with Crippen molar-refractivity contribution in [2.75, 3.05) is 14.2 Å². The molecular formula is C15H16O4. The normalized spacial score (nSPS) is 27.9. The second-order valence-corrected chi connectivity index (χ2v) is 5.23. The molecule has 0 radical (unpaired) electrons. The van der Waals surface area contributed by atoms with Crippen LogP contribution < -0.4 is 9.47 Å². The summed E-state index contributed by atoms with van der Waals surface area (Å²) in [5.74, 6) is 1.42. The van der Waals surface area contributed by atoms with E-state index < -0.39 is 5.41 Å². The monoisotopic (exact) mass is 260 g/mol.